The number of hydrogen-bond donors (Lipinski definition) is 1. The number of esters is 1. The van der Waals surface area contributed by atoms with Gasteiger partial charge in [-0.25, -0.2) is 0 Å². The highest BCUT2D eigenvalue weighted by Gasteiger charge is 2.36. The minimum atomic E-state index is -0.569. The second kappa shape index (κ2) is 8.25. The van der Waals surface area contributed by atoms with Gasteiger partial charge in [0.15, 0.2) is 6.61 Å². The van der Waals surface area contributed by atoms with Crippen LogP contribution in [0.1, 0.15) is 23.1 Å². The second-order valence-electron chi connectivity index (χ2n) is 7.28. The van der Waals surface area contributed by atoms with Crippen LogP contribution in [0.25, 0.3) is 0 Å². The quantitative estimate of drug-likeness (QED) is 0.809. The Labute approximate surface area is 164 Å². The number of carbonyl (C=O) groups excluding carboxylic acids is 3. The summed E-state index contributed by atoms with van der Waals surface area (Å²) in [6, 6.07) is 13.2. The molecule has 0 radical (unpaired) electrons. The third-order valence-electron chi connectivity index (χ3n) is 4.62. The van der Waals surface area contributed by atoms with Crippen LogP contribution in [-0.2, 0) is 19.1 Å². The molecule has 1 N–H and O–H groups in total. The van der Waals surface area contributed by atoms with Gasteiger partial charge < -0.3 is 15.0 Å². The molecule has 2 amide bonds. The van der Waals surface area contributed by atoms with Gasteiger partial charge in [0, 0.05) is 24.3 Å². The van der Waals surface area contributed by atoms with Crippen LogP contribution < -0.4 is 10.2 Å². The topological polar surface area (TPSA) is 75.7 Å². The first-order valence-electron chi connectivity index (χ1n) is 9.23. The SMILES string of the molecule is Cc1cccc(NC(=O)COC(=O)[C@H]2CC(=O)N(c3cc(C)cc(C)c3)C2)c1. The number of aryl methyl sites for hydroxylation is 3. The van der Waals surface area contributed by atoms with Gasteiger partial charge in [0.25, 0.3) is 5.91 Å². The van der Waals surface area contributed by atoms with Gasteiger partial charge in [-0.15, -0.1) is 0 Å². The number of anilines is 2. The first-order chi connectivity index (χ1) is 13.3. The second-order valence-corrected chi connectivity index (χ2v) is 7.28. The van der Waals surface area contributed by atoms with Crippen molar-refractivity contribution in [2.75, 3.05) is 23.4 Å². The molecule has 6 nitrogen and oxygen atoms in total. The van der Waals surface area contributed by atoms with E-state index in [4.69, 9.17) is 4.74 Å². The van der Waals surface area contributed by atoms with E-state index in [1.54, 1.807) is 11.0 Å². The molecular formula is C22H24N2O4. The van der Waals surface area contributed by atoms with Crippen molar-refractivity contribution >= 4 is 29.2 Å². The molecule has 0 unspecified atom stereocenters. The Bertz CT molecular complexity index is 902. The Hall–Kier alpha value is -3.15. The standard InChI is InChI=1S/C22H24N2O4/c1-14-5-4-6-18(8-14)23-20(25)13-28-22(27)17-11-21(26)24(12-17)19-9-15(2)7-16(3)10-19/h4-10,17H,11-13H2,1-3H3,(H,23,25)/t17-/m0/s1. The molecule has 1 fully saturated rings. The number of hydrogen-bond acceptors (Lipinski definition) is 4. The van der Waals surface area contributed by atoms with Crippen molar-refractivity contribution in [3.63, 3.8) is 0 Å². The number of nitrogens with zero attached hydrogens (tertiary/aromatic N) is 1. The van der Waals surface area contributed by atoms with Crippen molar-refractivity contribution < 1.29 is 19.1 Å². The molecule has 28 heavy (non-hydrogen) atoms. The van der Waals surface area contributed by atoms with Gasteiger partial charge in [-0.3, -0.25) is 14.4 Å². The van der Waals surface area contributed by atoms with Gasteiger partial charge >= 0.3 is 5.97 Å². The van der Waals surface area contributed by atoms with Gasteiger partial charge in [0.2, 0.25) is 5.91 Å². The molecule has 0 bridgehead atoms. The van der Waals surface area contributed by atoms with Crippen LogP contribution >= 0.6 is 0 Å². The molecule has 1 aliphatic rings. The minimum Gasteiger partial charge on any atom is -0.455 e. The maximum absolute atomic E-state index is 12.4. The molecule has 1 atom stereocenters. The molecule has 0 saturated carbocycles. The van der Waals surface area contributed by atoms with Crippen molar-refractivity contribution in [2.24, 2.45) is 5.92 Å². The van der Waals surface area contributed by atoms with Crippen LogP contribution in [0.3, 0.4) is 0 Å². The molecule has 1 heterocycles. The highest BCUT2D eigenvalue weighted by Crippen LogP contribution is 2.27. The predicted molar refractivity (Wildman–Crippen MR) is 107 cm³/mol. The van der Waals surface area contributed by atoms with E-state index in [0.717, 1.165) is 22.4 Å². The fourth-order valence-electron chi connectivity index (χ4n) is 3.40. The molecule has 2 aromatic carbocycles. The lowest BCUT2D eigenvalue weighted by Gasteiger charge is -2.18. The Kier molecular flexibility index (Phi) is 5.78. The van der Waals surface area contributed by atoms with Gasteiger partial charge in [-0.2, -0.15) is 0 Å². The van der Waals surface area contributed by atoms with Crippen molar-refractivity contribution in [3.8, 4) is 0 Å². The Balaban J connectivity index is 1.55. The van der Waals surface area contributed by atoms with Crippen LogP contribution in [0.4, 0.5) is 11.4 Å². The number of carbonyl (C=O) groups is 3. The fourth-order valence-corrected chi connectivity index (χ4v) is 3.40. The molecular weight excluding hydrogens is 356 g/mol. The lowest BCUT2D eigenvalue weighted by Crippen LogP contribution is -2.28. The summed E-state index contributed by atoms with van der Waals surface area (Å²) in [6.45, 7) is 5.75. The van der Waals surface area contributed by atoms with Crippen LogP contribution in [0.15, 0.2) is 42.5 Å². The van der Waals surface area contributed by atoms with E-state index in [0.29, 0.717) is 5.69 Å². The largest absolute Gasteiger partial charge is 0.455 e. The Morgan fingerprint density at radius 3 is 2.46 bits per heavy atom. The molecule has 0 spiro atoms. The number of benzene rings is 2. The number of amides is 2. The van der Waals surface area contributed by atoms with Gasteiger partial charge in [-0.1, -0.05) is 18.2 Å². The monoisotopic (exact) mass is 380 g/mol. The maximum Gasteiger partial charge on any atom is 0.311 e. The third-order valence-corrected chi connectivity index (χ3v) is 4.62. The molecule has 6 heteroatoms. The molecule has 0 aromatic heterocycles. The van der Waals surface area contributed by atoms with Crippen LogP contribution in [0, 0.1) is 26.7 Å². The van der Waals surface area contributed by atoms with Crippen LogP contribution in [0.5, 0.6) is 0 Å². The summed E-state index contributed by atoms with van der Waals surface area (Å²) in [6.07, 6.45) is 0.0886. The fraction of sp³-hybridized carbons (Fsp3) is 0.318. The normalized spacial score (nSPS) is 16.2. The zero-order chi connectivity index (χ0) is 20.3. The van der Waals surface area contributed by atoms with E-state index in [-0.39, 0.29) is 25.5 Å². The zero-order valence-corrected chi connectivity index (χ0v) is 16.3. The van der Waals surface area contributed by atoms with Crippen molar-refractivity contribution in [2.45, 2.75) is 27.2 Å². The van der Waals surface area contributed by atoms with Gasteiger partial charge in [-0.05, 0) is 61.7 Å². The third kappa shape index (κ3) is 4.76. The summed E-state index contributed by atoms with van der Waals surface area (Å²) in [5.74, 6) is -1.62. The highest BCUT2D eigenvalue weighted by atomic mass is 16.5. The van der Waals surface area contributed by atoms with Crippen molar-refractivity contribution in [3.05, 3.63) is 59.2 Å². The van der Waals surface area contributed by atoms with Crippen molar-refractivity contribution in [1.82, 2.24) is 0 Å². The number of rotatable bonds is 5. The summed E-state index contributed by atoms with van der Waals surface area (Å²) < 4.78 is 5.14. The average Bonchev–Trinajstić information content (AvgIpc) is 3.01. The maximum atomic E-state index is 12.4. The van der Waals surface area contributed by atoms with E-state index in [1.165, 1.54) is 0 Å². The highest BCUT2D eigenvalue weighted by molar-refractivity contribution is 6.00. The Morgan fingerprint density at radius 1 is 1.07 bits per heavy atom. The van der Waals surface area contributed by atoms with E-state index in [9.17, 15) is 14.4 Å². The molecule has 0 aliphatic carbocycles. The summed E-state index contributed by atoms with van der Waals surface area (Å²) >= 11 is 0. The first kappa shape index (κ1) is 19.6. The number of ether oxygens (including phenoxy) is 1. The molecule has 1 saturated heterocycles. The van der Waals surface area contributed by atoms with Gasteiger partial charge in [0.05, 0.1) is 5.92 Å². The smallest absolute Gasteiger partial charge is 0.311 e. The van der Waals surface area contributed by atoms with Crippen molar-refractivity contribution in [1.29, 1.82) is 0 Å². The van der Waals surface area contributed by atoms with E-state index in [1.807, 2.05) is 57.2 Å². The van der Waals surface area contributed by atoms with E-state index in [2.05, 4.69) is 5.32 Å². The lowest BCUT2D eigenvalue weighted by molar-refractivity contribution is -0.151. The van der Waals surface area contributed by atoms with Crippen LogP contribution in [-0.4, -0.2) is 30.9 Å². The summed E-state index contributed by atoms with van der Waals surface area (Å²) in [4.78, 5) is 38.3. The Morgan fingerprint density at radius 2 is 1.79 bits per heavy atom. The van der Waals surface area contributed by atoms with Crippen LogP contribution in [0.2, 0.25) is 0 Å². The molecule has 146 valence electrons. The molecule has 2 aromatic rings. The summed E-state index contributed by atoms with van der Waals surface area (Å²) in [5, 5.41) is 2.69. The summed E-state index contributed by atoms with van der Waals surface area (Å²) in [7, 11) is 0. The summed E-state index contributed by atoms with van der Waals surface area (Å²) in [5.41, 5.74) is 4.57. The predicted octanol–water partition coefficient (Wildman–Crippen LogP) is 3.15. The number of nitrogens with one attached hydrogen (secondary N) is 1. The molecule has 1 aliphatic heterocycles. The average molecular weight is 380 g/mol. The minimum absolute atomic E-state index is 0.0886. The van der Waals surface area contributed by atoms with Gasteiger partial charge in [0.1, 0.15) is 0 Å². The van der Waals surface area contributed by atoms with E-state index < -0.39 is 17.8 Å². The lowest BCUT2D eigenvalue weighted by atomic mass is 10.1. The first-order valence-corrected chi connectivity index (χ1v) is 9.23. The van der Waals surface area contributed by atoms with E-state index >= 15 is 0 Å². The molecule has 3 rings (SSSR count). The zero-order valence-electron chi connectivity index (χ0n) is 16.3.